The summed E-state index contributed by atoms with van der Waals surface area (Å²) in [5, 5.41) is 3.91. The van der Waals surface area contributed by atoms with Crippen LogP contribution < -0.4 is 10.5 Å². The van der Waals surface area contributed by atoms with Gasteiger partial charge in [-0.1, -0.05) is 6.07 Å². The predicted molar refractivity (Wildman–Crippen MR) is 56.5 cm³/mol. The Balaban J connectivity index is 2.23. The number of hydrogen-bond acceptors (Lipinski definition) is 4. The molecule has 0 bridgehead atoms. The number of nitrogens with zero attached hydrogens (tertiary/aromatic N) is 3. The van der Waals surface area contributed by atoms with E-state index in [-0.39, 0.29) is 5.75 Å². The standard InChI is InChI=1S/C10H11FN4O/c1-16-9-3-2-7(4-8(9)11)5-15-10(12)13-6-14-15/h2-4,6H,5H2,1H3,(H2,12,13,14). The van der Waals surface area contributed by atoms with Gasteiger partial charge in [-0.3, -0.25) is 0 Å². The minimum atomic E-state index is -0.404. The molecule has 0 saturated carbocycles. The number of nitrogens with two attached hydrogens (primary N) is 1. The first kappa shape index (κ1) is 10.4. The van der Waals surface area contributed by atoms with Crippen molar-refractivity contribution in [2.45, 2.75) is 6.54 Å². The van der Waals surface area contributed by atoms with Crippen LogP contribution in [0.25, 0.3) is 0 Å². The van der Waals surface area contributed by atoms with Crippen LogP contribution in [0.5, 0.6) is 5.75 Å². The molecule has 2 rings (SSSR count). The number of halogens is 1. The summed E-state index contributed by atoms with van der Waals surface area (Å²) in [6, 6.07) is 4.71. The molecule has 0 aliphatic rings. The lowest BCUT2D eigenvalue weighted by Gasteiger charge is -2.05. The van der Waals surface area contributed by atoms with Crippen LogP contribution in [0, 0.1) is 5.82 Å². The number of nitrogen functional groups attached to an aromatic ring is 1. The molecule has 6 heteroatoms. The number of benzene rings is 1. The molecule has 0 spiro atoms. The lowest BCUT2D eigenvalue weighted by molar-refractivity contribution is 0.386. The molecule has 0 atom stereocenters. The summed E-state index contributed by atoms with van der Waals surface area (Å²) < 4.78 is 19.7. The van der Waals surface area contributed by atoms with Gasteiger partial charge in [-0.05, 0) is 17.7 Å². The maximum absolute atomic E-state index is 13.4. The van der Waals surface area contributed by atoms with Gasteiger partial charge < -0.3 is 10.5 Å². The summed E-state index contributed by atoms with van der Waals surface area (Å²) in [6.07, 6.45) is 1.36. The molecule has 0 amide bonds. The second kappa shape index (κ2) is 4.18. The smallest absolute Gasteiger partial charge is 0.218 e. The van der Waals surface area contributed by atoms with Crippen LogP contribution in [0.3, 0.4) is 0 Å². The van der Waals surface area contributed by atoms with Gasteiger partial charge in [0.15, 0.2) is 11.6 Å². The minimum Gasteiger partial charge on any atom is -0.494 e. The molecule has 0 radical (unpaired) electrons. The van der Waals surface area contributed by atoms with Crippen molar-refractivity contribution in [2.75, 3.05) is 12.8 Å². The van der Waals surface area contributed by atoms with E-state index in [4.69, 9.17) is 10.5 Å². The average molecular weight is 222 g/mol. The molecule has 5 nitrogen and oxygen atoms in total. The van der Waals surface area contributed by atoms with E-state index in [0.717, 1.165) is 5.56 Å². The van der Waals surface area contributed by atoms with Gasteiger partial charge in [-0.25, -0.2) is 14.1 Å². The van der Waals surface area contributed by atoms with E-state index in [0.29, 0.717) is 12.5 Å². The fraction of sp³-hybridized carbons (Fsp3) is 0.200. The van der Waals surface area contributed by atoms with Crippen molar-refractivity contribution < 1.29 is 9.13 Å². The van der Waals surface area contributed by atoms with Crippen LogP contribution in [0.2, 0.25) is 0 Å². The molecule has 84 valence electrons. The van der Waals surface area contributed by atoms with E-state index >= 15 is 0 Å². The third-order valence-corrected chi connectivity index (χ3v) is 2.19. The Hall–Kier alpha value is -2.11. The van der Waals surface area contributed by atoms with Crippen molar-refractivity contribution in [3.8, 4) is 5.75 Å². The Morgan fingerprint density at radius 1 is 1.50 bits per heavy atom. The summed E-state index contributed by atoms with van der Waals surface area (Å²) in [5.41, 5.74) is 6.30. The van der Waals surface area contributed by atoms with E-state index < -0.39 is 5.82 Å². The maximum Gasteiger partial charge on any atom is 0.218 e. The lowest BCUT2D eigenvalue weighted by Crippen LogP contribution is -2.06. The van der Waals surface area contributed by atoms with E-state index in [1.165, 1.54) is 24.2 Å². The fourth-order valence-electron chi connectivity index (χ4n) is 1.38. The number of aromatic nitrogens is 3. The molecule has 0 aliphatic heterocycles. The van der Waals surface area contributed by atoms with Crippen LogP contribution in [0.4, 0.5) is 10.3 Å². The molecule has 1 aromatic heterocycles. The monoisotopic (exact) mass is 222 g/mol. The first-order valence-electron chi connectivity index (χ1n) is 4.66. The van der Waals surface area contributed by atoms with Gasteiger partial charge in [0.2, 0.25) is 5.95 Å². The number of ether oxygens (including phenoxy) is 1. The zero-order chi connectivity index (χ0) is 11.5. The Bertz CT molecular complexity index is 497. The number of methoxy groups -OCH3 is 1. The van der Waals surface area contributed by atoms with E-state index in [2.05, 4.69) is 10.1 Å². The first-order chi connectivity index (χ1) is 7.70. The van der Waals surface area contributed by atoms with Crippen molar-refractivity contribution in [1.82, 2.24) is 14.8 Å². The molecule has 0 fully saturated rings. The van der Waals surface area contributed by atoms with Gasteiger partial charge in [0.1, 0.15) is 6.33 Å². The number of hydrogen-bond donors (Lipinski definition) is 1. The van der Waals surface area contributed by atoms with Crippen LogP contribution in [0.1, 0.15) is 5.56 Å². The molecular weight excluding hydrogens is 211 g/mol. The first-order valence-corrected chi connectivity index (χ1v) is 4.66. The molecule has 1 heterocycles. The Kier molecular flexibility index (Phi) is 2.72. The summed E-state index contributed by atoms with van der Waals surface area (Å²) >= 11 is 0. The Labute approximate surface area is 91.7 Å². The fourth-order valence-corrected chi connectivity index (χ4v) is 1.38. The van der Waals surface area contributed by atoms with Crippen molar-refractivity contribution in [2.24, 2.45) is 0 Å². The second-order valence-corrected chi connectivity index (χ2v) is 3.24. The third kappa shape index (κ3) is 1.95. The quantitative estimate of drug-likeness (QED) is 0.843. The normalized spacial score (nSPS) is 10.4. The van der Waals surface area contributed by atoms with E-state index in [1.54, 1.807) is 12.1 Å². The van der Waals surface area contributed by atoms with Crippen LogP contribution in [-0.2, 0) is 6.54 Å². The van der Waals surface area contributed by atoms with Gasteiger partial charge in [-0.15, -0.1) is 0 Å². The van der Waals surface area contributed by atoms with Crippen LogP contribution in [-0.4, -0.2) is 21.9 Å². The molecule has 2 aromatic rings. The highest BCUT2D eigenvalue weighted by molar-refractivity contribution is 5.30. The SMILES string of the molecule is COc1ccc(Cn2ncnc2N)cc1F. The molecular formula is C10H11FN4O. The molecule has 16 heavy (non-hydrogen) atoms. The van der Waals surface area contributed by atoms with Crippen molar-refractivity contribution in [3.63, 3.8) is 0 Å². The Morgan fingerprint density at radius 2 is 2.31 bits per heavy atom. The third-order valence-electron chi connectivity index (χ3n) is 2.19. The zero-order valence-electron chi connectivity index (χ0n) is 8.72. The van der Waals surface area contributed by atoms with Gasteiger partial charge in [0.25, 0.3) is 0 Å². The van der Waals surface area contributed by atoms with Gasteiger partial charge in [0, 0.05) is 0 Å². The van der Waals surface area contributed by atoms with Gasteiger partial charge >= 0.3 is 0 Å². The summed E-state index contributed by atoms with van der Waals surface area (Å²) in [7, 11) is 1.42. The average Bonchev–Trinajstić information content (AvgIpc) is 2.65. The largest absolute Gasteiger partial charge is 0.494 e. The van der Waals surface area contributed by atoms with Crippen LogP contribution in [0.15, 0.2) is 24.5 Å². The lowest BCUT2D eigenvalue weighted by atomic mass is 10.2. The maximum atomic E-state index is 13.4. The Morgan fingerprint density at radius 3 is 2.88 bits per heavy atom. The van der Waals surface area contributed by atoms with Crippen molar-refractivity contribution in [1.29, 1.82) is 0 Å². The molecule has 2 N–H and O–H groups in total. The molecule has 0 aliphatic carbocycles. The highest BCUT2D eigenvalue weighted by Crippen LogP contribution is 2.18. The van der Waals surface area contributed by atoms with Gasteiger partial charge in [0.05, 0.1) is 13.7 Å². The van der Waals surface area contributed by atoms with Crippen molar-refractivity contribution in [3.05, 3.63) is 35.9 Å². The zero-order valence-corrected chi connectivity index (χ0v) is 8.72. The topological polar surface area (TPSA) is 66.0 Å². The predicted octanol–water partition coefficient (Wildman–Crippen LogP) is 1.06. The van der Waals surface area contributed by atoms with E-state index in [1.807, 2.05) is 0 Å². The second-order valence-electron chi connectivity index (χ2n) is 3.24. The summed E-state index contributed by atoms with van der Waals surface area (Å²) in [5.74, 6) is 0.116. The van der Waals surface area contributed by atoms with Crippen molar-refractivity contribution >= 4 is 5.95 Å². The van der Waals surface area contributed by atoms with E-state index in [9.17, 15) is 4.39 Å². The molecule has 0 saturated heterocycles. The number of rotatable bonds is 3. The molecule has 0 unspecified atom stereocenters. The van der Waals surface area contributed by atoms with Crippen LogP contribution >= 0.6 is 0 Å². The highest BCUT2D eigenvalue weighted by atomic mass is 19.1. The van der Waals surface area contributed by atoms with Gasteiger partial charge in [-0.2, -0.15) is 5.10 Å². The summed E-state index contributed by atoms with van der Waals surface area (Å²) in [6.45, 7) is 0.382. The number of anilines is 1. The molecule has 1 aromatic carbocycles. The minimum absolute atomic E-state index is 0.218. The highest BCUT2D eigenvalue weighted by Gasteiger charge is 2.05. The summed E-state index contributed by atoms with van der Waals surface area (Å²) in [4.78, 5) is 3.78.